The molecule has 3 amide bonds. The summed E-state index contributed by atoms with van der Waals surface area (Å²) in [6.07, 6.45) is 2.51. The molecule has 2 aliphatic rings. The van der Waals surface area contributed by atoms with Gasteiger partial charge in [-0.05, 0) is 31.4 Å². The second-order valence-electron chi connectivity index (χ2n) is 7.52. The van der Waals surface area contributed by atoms with E-state index in [1.807, 2.05) is 49.1 Å². The minimum Gasteiger partial charge on any atom is -0.355 e. The molecule has 0 aromatic heterocycles. The van der Waals surface area contributed by atoms with Gasteiger partial charge in [0.2, 0.25) is 11.8 Å². The molecule has 1 aromatic carbocycles. The van der Waals surface area contributed by atoms with Crippen molar-refractivity contribution in [1.29, 1.82) is 0 Å². The third kappa shape index (κ3) is 3.84. The van der Waals surface area contributed by atoms with E-state index in [1.54, 1.807) is 4.90 Å². The Kier molecular flexibility index (Phi) is 6.21. The van der Waals surface area contributed by atoms with E-state index in [0.717, 1.165) is 12.1 Å². The number of carbonyl (C=O) groups is 3. The number of rotatable bonds is 6. The summed E-state index contributed by atoms with van der Waals surface area (Å²) in [5.74, 6) is -0.00665. The zero-order valence-corrected chi connectivity index (χ0v) is 16.8. The molecule has 1 aromatic rings. The number of likely N-dealkylation sites (tertiary alicyclic amines) is 1. The van der Waals surface area contributed by atoms with Crippen LogP contribution in [0.15, 0.2) is 30.3 Å². The van der Waals surface area contributed by atoms with Crippen LogP contribution >= 0.6 is 0 Å². The van der Waals surface area contributed by atoms with Gasteiger partial charge >= 0.3 is 0 Å². The lowest BCUT2D eigenvalue weighted by Gasteiger charge is -2.43. The molecule has 0 unspecified atom stereocenters. The number of amides is 3. The van der Waals surface area contributed by atoms with Crippen LogP contribution in [-0.2, 0) is 14.4 Å². The number of benzene rings is 1. The van der Waals surface area contributed by atoms with Crippen molar-refractivity contribution in [3.8, 4) is 0 Å². The van der Waals surface area contributed by atoms with Crippen LogP contribution in [0.2, 0.25) is 0 Å². The molecule has 0 radical (unpaired) electrons. The van der Waals surface area contributed by atoms with Gasteiger partial charge in [0, 0.05) is 31.7 Å². The number of hydrogen-bond donors (Lipinski definition) is 1. The van der Waals surface area contributed by atoms with Crippen molar-refractivity contribution in [2.24, 2.45) is 0 Å². The maximum Gasteiger partial charge on any atom is 0.250 e. The van der Waals surface area contributed by atoms with Crippen LogP contribution in [0.5, 0.6) is 0 Å². The number of nitrogens with zero attached hydrogens (tertiary/aromatic N) is 3. The number of anilines is 1. The lowest BCUT2D eigenvalue weighted by atomic mass is 9.85. The fourth-order valence-electron chi connectivity index (χ4n) is 4.17. The molecular formula is C21H30N4O3. The first-order chi connectivity index (χ1) is 13.5. The van der Waals surface area contributed by atoms with Crippen LogP contribution in [0.25, 0.3) is 0 Å². The molecule has 2 fully saturated rings. The van der Waals surface area contributed by atoms with Gasteiger partial charge in [0.1, 0.15) is 12.1 Å². The lowest BCUT2D eigenvalue weighted by Crippen LogP contribution is -2.57. The zero-order valence-electron chi connectivity index (χ0n) is 16.8. The molecule has 0 aliphatic carbocycles. The zero-order chi connectivity index (χ0) is 20.1. The smallest absolute Gasteiger partial charge is 0.250 e. The fraction of sp³-hybridized carbons (Fsp3) is 0.571. The molecule has 1 N–H and O–H groups in total. The Balaban J connectivity index is 1.82. The summed E-state index contributed by atoms with van der Waals surface area (Å²) in [5, 5.41) is 2.85. The summed E-state index contributed by atoms with van der Waals surface area (Å²) < 4.78 is 0. The van der Waals surface area contributed by atoms with Gasteiger partial charge in [-0.2, -0.15) is 0 Å². The van der Waals surface area contributed by atoms with E-state index < -0.39 is 5.54 Å². The molecule has 28 heavy (non-hydrogen) atoms. The molecule has 7 nitrogen and oxygen atoms in total. The predicted molar refractivity (Wildman–Crippen MR) is 108 cm³/mol. The summed E-state index contributed by atoms with van der Waals surface area (Å²) in [7, 11) is 0. The fourth-order valence-corrected chi connectivity index (χ4v) is 4.17. The summed E-state index contributed by atoms with van der Waals surface area (Å²) in [6.45, 7) is 6.07. The Morgan fingerprint density at radius 2 is 1.79 bits per heavy atom. The predicted octanol–water partition coefficient (Wildman–Crippen LogP) is 1.59. The van der Waals surface area contributed by atoms with E-state index in [4.69, 9.17) is 0 Å². The molecule has 3 rings (SSSR count). The van der Waals surface area contributed by atoms with E-state index in [0.29, 0.717) is 45.6 Å². The Hall–Kier alpha value is -2.57. The van der Waals surface area contributed by atoms with Gasteiger partial charge in [-0.25, -0.2) is 0 Å². The van der Waals surface area contributed by atoms with Crippen molar-refractivity contribution in [2.75, 3.05) is 37.7 Å². The highest BCUT2D eigenvalue weighted by molar-refractivity contribution is 5.96. The Morgan fingerprint density at radius 3 is 2.39 bits per heavy atom. The number of nitrogens with one attached hydrogen (secondary N) is 1. The molecule has 2 saturated heterocycles. The Morgan fingerprint density at radius 1 is 1.11 bits per heavy atom. The topological polar surface area (TPSA) is 73.0 Å². The van der Waals surface area contributed by atoms with Gasteiger partial charge in [0.25, 0.3) is 5.91 Å². The SMILES string of the molecule is CCCNC(=O)CN1CN(c2ccccc2)C2(CCN(C(=O)CC)CC2)C1=O. The van der Waals surface area contributed by atoms with Gasteiger partial charge in [-0.15, -0.1) is 0 Å². The van der Waals surface area contributed by atoms with Crippen molar-refractivity contribution in [1.82, 2.24) is 15.1 Å². The van der Waals surface area contributed by atoms with Crippen LogP contribution in [0.3, 0.4) is 0 Å². The Labute approximate surface area is 166 Å². The van der Waals surface area contributed by atoms with Crippen molar-refractivity contribution >= 4 is 23.4 Å². The van der Waals surface area contributed by atoms with Gasteiger partial charge in [0.15, 0.2) is 0 Å². The van der Waals surface area contributed by atoms with E-state index in [2.05, 4.69) is 10.2 Å². The van der Waals surface area contributed by atoms with Gasteiger partial charge in [-0.1, -0.05) is 32.0 Å². The average Bonchev–Trinajstić information content (AvgIpc) is 2.99. The number of hydrogen-bond acceptors (Lipinski definition) is 4. The van der Waals surface area contributed by atoms with Gasteiger partial charge in [0.05, 0.1) is 6.67 Å². The lowest BCUT2D eigenvalue weighted by molar-refractivity contribution is -0.139. The third-order valence-electron chi connectivity index (χ3n) is 5.73. The van der Waals surface area contributed by atoms with E-state index in [9.17, 15) is 14.4 Å². The highest BCUT2D eigenvalue weighted by Gasteiger charge is 2.54. The van der Waals surface area contributed by atoms with Crippen molar-refractivity contribution in [3.05, 3.63) is 30.3 Å². The number of para-hydroxylation sites is 1. The summed E-state index contributed by atoms with van der Waals surface area (Å²) in [4.78, 5) is 43.3. The maximum atomic E-state index is 13.4. The average molecular weight is 386 g/mol. The highest BCUT2D eigenvalue weighted by atomic mass is 16.2. The summed E-state index contributed by atoms with van der Waals surface area (Å²) >= 11 is 0. The van der Waals surface area contributed by atoms with Crippen LogP contribution in [-0.4, -0.2) is 65.9 Å². The van der Waals surface area contributed by atoms with Crippen molar-refractivity contribution in [2.45, 2.75) is 45.1 Å². The van der Waals surface area contributed by atoms with Crippen LogP contribution in [0.1, 0.15) is 39.5 Å². The quantitative estimate of drug-likeness (QED) is 0.806. The molecule has 152 valence electrons. The normalized spacial score (nSPS) is 18.6. The molecule has 7 heteroatoms. The van der Waals surface area contributed by atoms with Gasteiger partial charge in [-0.3, -0.25) is 14.4 Å². The molecule has 1 spiro atoms. The second kappa shape index (κ2) is 8.63. The largest absolute Gasteiger partial charge is 0.355 e. The minimum absolute atomic E-state index is 0.00778. The number of piperidine rings is 1. The minimum atomic E-state index is -0.684. The van der Waals surface area contributed by atoms with Crippen LogP contribution in [0.4, 0.5) is 5.69 Å². The summed E-state index contributed by atoms with van der Waals surface area (Å²) in [5.41, 5.74) is 0.291. The standard InChI is InChI=1S/C21H30N4O3/c1-3-12-22-18(26)15-24-16-25(17-8-6-5-7-9-17)21(20(24)28)10-13-23(14-11-21)19(27)4-2/h5-9H,3-4,10-16H2,1-2H3,(H,22,26). The first-order valence-corrected chi connectivity index (χ1v) is 10.2. The van der Waals surface area contributed by atoms with E-state index >= 15 is 0 Å². The van der Waals surface area contributed by atoms with Gasteiger partial charge < -0.3 is 20.0 Å². The first-order valence-electron chi connectivity index (χ1n) is 10.2. The molecule has 2 aliphatic heterocycles. The van der Waals surface area contributed by atoms with E-state index in [1.165, 1.54) is 0 Å². The molecular weight excluding hydrogens is 356 g/mol. The van der Waals surface area contributed by atoms with E-state index in [-0.39, 0.29) is 24.3 Å². The maximum absolute atomic E-state index is 13.4. The molecule has 0 bridgehead atoms. The molecule has 2 heterocycles. The monoisotopic (exact) mass is 386 g/mol. The third-order valence-corrected chi connectivity index (χ3v) is 5.73. The number of carbonyl (C=O) groups excluding carboxylic acids is 3. The van der Waals surface area contributed by atoms with Crippen LogP contribution in [0, 0.1) is 0 Å². The molecule has 0 saturated carbocycles. The van der Waals surface area contributed by atoms with Crippen molar-refractivity contribution < 1.29 is 14.4 Å². The van der Waals surface area contributed by atoms with Crippen LogP contribution < -0.4 is 10.2 Å². The second-order valence-corrected chi connectivity index (χ2v) is 7.52. The highest BCUT2D eigenvalue weighted by Crippen LogP contribution is 2.39. The molecule has 0 atom stereocenters. The first kappa shape index (κ1) is 20.2. The Bertz CT molecular complexity index is 714. The van der Waals surface area contributed by atoms with Crippen molar-refractivity contribution in [3.63, 3.8) is 0 Å². The summed E-state index contributed by atoms with van der Waals surface area (Å²) in [6, 6.07) is 9.87.